The summed E-state index contributed by atoms with van der Waals surface area (Å²) in [7, 11) is 5.20. The molecule has 0 aliphatic heterocycles. The van der Waals surface area contributed by atoms with Gasteiger partial charge in [-0.25, -0.2) is 4.79 Å². The van der Waals surface area contributed by atoms with Crippen molar-refractivity contribution in [3.05, 3.63) is 31.4 Å². The van der Waals surface area contributed by atoms with Crippen molar-refractivity contribution in [2.75, 3.05) is 33.2 Å². The zero-order valence-corrected chi connectivity index (χ0v) is 12.7. The fraction of sp³-hybridized carbons (Fsp3) is 0.417. The molecule has 0 heterocycles. The summed E-state index contributed by atoms with van der Waals surface area (Å²) in [5.74, 6) is -1.40. The molecular formula is C12H15N3O7. The van der Waals surface area contributed by atoms with Gasteiger partial charge in [-0.1, -0.05) is 0 Å². The standard InChI is InChI=1S/C12H15N3O7/c1-6-8(13(2)3)9(14(17)18)7(12(16)22-5)10(15(19)20)11(6)21-4/h1-5H3. The maximum Gasteiger partial charge on any atom is 0.352 e. The number of rotatable bonds is 5. The molecule has 22 heavy (non-hydrogen) atoms. The van der Waals surface area contributed by atoms with Crippen LogP contribution in [0.15, 0.2) is 0 Å². The van der Waals surface area contributed by atoms with E-state index in [4.69, 9.17) is 4.74 Å². The number of carbonyl (C=O) groups excluding carboxylic acids is 1. The minimum absolute atomic E-state index is 0.0350. The monoisotopic (exact) mass is 313 g/mol. The first kappa shape index (κ1) is 17.1. The Bertz CT molecular complexity index is 655. The van der Waals surface area contributed by atoms with E-state index in [1.807, 2.05) is 0 Å². The average molecular weight is 313 g/mol. The molecule has 0 aromatic heterocycles. The molecule has 0 radical (unpaired) electrons. The van der Waals surface area contributed by atoms with Crippen molar-refractivity contribution in [1.29, 1.82) is 0 Å². The van der Waals surface area contributed by atoms with E-state index in [0.29, 0.717) is 0 Å². The number of benzene rings is 1. The summed E-state index contributed by atoms with van der Waals surface area (Å²) >= 11 is 0. The third-order valence-electron chi connectivity index (χ3n) is 3.01. The molecule has 0 unspecified atom stereocenters. The first-order valence-corrected chi connectivity index (χ1v) is 5.97. The predicted octanol–water partition coefficient (Wildman–Crippen LogP) is 1.67. The van der Waals surface area contributed by atoms with E-state index in [0.717, 1.165) is 7.11 Å². The summed E-state index contributed by atoms with van der Waals surface area (Å²) in [6.07, 6.45) is 0. The maximum atomic E-state index is 11.9. The van der Waals surface area contributed by atoms with Gasteiger partial charge >= 0.3 is 17.3 Å². The highest BCUT2D eigenvalue weighted by Crippen LogP contribution is 2.47. The van der Waals surface area contributed by atoms with Crippen LogP contribution in [0.5, 0.6) is 5.75 Å². The van der Waals surface area contributed by atoms with Gasteiger partial charge in [-0.3, -0.25) is 20.2 Å². The van der Waals surface area contributed by atoms with Crippen LogP contribution in [0.3, 0.4) is 0 Å². The number of methoxy groups -OCH3 is 2. The number of hydrogen-bond donors (Lipinski definition) is 0. The number of anilines is 1. The van der Waals surface area contributed by atoms with Crippen LogP contribution in [0, 0.1) is 27.2 Å². The van der Waals surface area contributed by atoms with Crippen LogP contribution in [-0.4, -0.2) is 44.1 Å². The second-order valence-electron chi connectivity index (χ2n) is 4.48. The van der Waals surface area contributed by atoms with E-state index in [1.165, 1.54) is 33.0 Å². The van der Waals surface area contributed by atoms with Crippen molar-refractivity contribution in [3.63, 3.8) is 0 Å². The van der Waals surface area contributed by atoms with Gasteiger partial charge in [-0.05, 0) is 6.92 Å². The topological polar surface area (TPSA) is 125 Å². The largest absolute Gasteiger partial charge is 0.490 e. The van der Waals surface area contributed by atoms with Crippen molar-refractivity contribution in [1.82, 2.24) is 0 Å². The quantitative estimate of drug-likeness (QED) is 0.456. The van der Waals surface area contributed by atoms with Crippen LogP contribution in [0.1, 0.15) is 15.9 Å². The van der Waals surface area contributed by atoms with E-state index in [2.05, 4.69) is 4.74 Å². The van der Waals surface area contributed by atoms with E-state index >= 15 is 0 Å². The van der Waals surface area contributed by atoms with Crippen molar-refractivity contribution < 1.29 is 24.1 Å². The van der Waals surface area contributed by atoms with Gasteiger partial charge in [0.25, 0.3) is 0 Å². The maximum absolute atomic E-state index is 11.9. The van der Waals surface area contributed by atoms with Crippen LogP contribution in [0.25, 0.3) is 0 Å². The molecule has 0 spiro atoms. The molecule has 10 heteroatoms. The van der Waals surface area contributed by atoms with Gasteiger partial charge in [-0.2, -0.15) is 0 Å². The summed E-state index contributed by atoms with van der Waals surface area (Å²) < 4.78 is 9.47. The zero-order valence-electron chi connectivity index (χ0n) is 12.7. The average Bonchev–Trinajstić information content (AvgIpc) is 2.43. The number of carbonyl (C=O) groups is 1. The molecule has 10 nitrogen and oxygen atoms in total. The van der Waals surface area contributed by atoms with Gasteiger partial charge in [-0.15, -0.1) is 0 Å². The zero-order chi connectivity index (χ0) is 17.2. The third kappa shape index (κ3) is 2.62. The predicted molar refractivity (Wildman–Crippen MR) is 76.7 cm³/mol. The molecule has 120 valence electrons. The van der Waals surface area contributed by atoms with Gasteiger partial charge in [0, 0.05) is 19.7 Å². The van der Waals surface area contributed by atoms with Crippen LogP contribution < -0.4 is 9.64 Å². The van der Waals surface area contributed by atoms with Crippen molar-refractivity contribution in [2.24, 2.45) is 0 Å². The Balaban J connectivity index is 4.14. The fourth-order valence-electron chi connectivity index (χ4n) is 2.25. The molecule has 0 saturated heterocycles. The third-order valence-corrected chi connectivity index (χ3v) is 3.01. The number of nitrogens with zero attached hydrogens (tertiary/aromatic N) is 3. The second kappa shape index (κ2) is 6.24. The Morgan fingerprint density at radius 1 is 1.09 bits per heavy atom. The lowest BCUT2D eigenvalue weighted by atomic mass is 10.0. The van der Waals surface area contributed by atoms with Crippen LogP contribution >= 0.6 is 0 Å². The number of hydrogen-bond acceptors (Lipinski definition) is 8. The highest BCUT2D eigenvalue weighted by Gasteiger charge is 2.41. The molecule has 1 rings (SSSR count). The smallest absolute Gasteiger partial charge is 0.352 e. The highest BCUT2D eigenvalue weighted by molar-refractivity contribution is 6.03. The Kier molecular flexibility index (Phi) is 4.87. The van der Waals surface area contributed by atoms with Crippen molar-refractivity contribution >= 4 is 23.0 Å². The van der Waals surface area contributed by atoms with Crippen LogP contribution in [0.4, 0.5) is 17.1 Å². The number of nitro benzene ring substituents is 2. The lowest BCUT2D eigenvalue weighted by Crippen LogP contribution is -2.18. The highest BCUT2D eigenvalue weighted by atomic mass is 16.6. The lowest BCUT2D eigenvalue weighted by molar-refractivity contribution is -0.394. The van der Waals surface area contributed by atoms with Gasteiger partial charge in [0.15, 0.2) is 0 Å². The molecule has 0 fully saturated rings. The molecule has 0 N–H and O–H groups in total. The molecule has 0 amide bonds. The summed E-state index contributed by atoms with van der Waals surface area (Å²) in [5, 5.41) is 22.7. The molecule has 1 aromatic rings. The number of esters is 1. The Hall–Kier alpha value is -2.91. The van der Waals surface area contributed by atoms with Crippen LogP contribution in [0.2, 0.25) is 0 Å². The van der Waals surface area contributed by atoms with Gasteiger partial charge < -0.3 is 14.4 Å². The van der Waals surface area contributed by atoms with Crippen molar-refractivity contribution in [2.45, 2.75) is 6.92 Å². The molecular weight excluding hydrogens is 298 g/mol. The summed E-state index contributed by atoms with van der Waals surface area (Å²) in [6, 6.07) is 0. The second-order valence-corrected chi connectivity index (χ2v) is 4.48. The number of ether oxygens (including phenoxy) is 2. The van der Waals surface area contributed by atoms with Gasteiger partial charge in [0.2, 0.25) is 11.3 Å². The Morgan fingerprint density at radius 2 is 1.59 bits per heavy atom. The normalized spacial score (nSPS) is 10.0. The molecule has 0 atom stereocenters. The Labute approximate surface area is 125 Å². The first-order valence-electron chi connectivity index (χ1n) is 5.97. The summed E-state index contributed by atoms with van der Waals surface area (Å²) in [6.45, 7) is 1.44. The van der Waals surface area contributed by atoms with E-state index < -0.39 is 32.8 Å². The summed E-state index contributed by atoms with van der Waals surface area (Å²) in [4.78, 5) is 34.3. The summed E-state index contributed by atoms with van der Waals surface area (Å²) in [5.41, 5.74) is -2.01. The molecule has 0 bridgehead atoms. The SMILES string of the molecule is COC(=O)c1c([N+](=O)[O-])c(OC)c(C)c(N(C)C)c1[N+](=O)[O-]. The van der Waals surface area contributed by atoms with E-state index in [-0.39, 0.29) is 17.0 Å². The minimum atomic E-state index is -1.18. The van der Waals surface area contributed by atoms with Crippen molar-refractivity contribution in [3.8, 4) is 5.75 Å². The van der Waals surface area contributed by atoms with Crippen LogP contribution in [-0.2, 0) is 4.74 Å². The Morgan fingerprint density at radius 3 is 1.91 bits per heavy atom. The van der Waals surface area contributed by atoms with Gasteiger partial charge in [0.1, 0.15) is 5.69 Å². The minimum Gasteiger partial charge on any atom is -0.490 e. The fourth-order valence-corrected chi connectivity index (χ4v) is 2.25. The molecule has 1 aromatic carbocycles. The lowest BCUT2D eigenvalue weighted by Gasteiger charge is -2.19. The van der Waals surface area contributed by atoms with E-state index in [9.17, 15) is 25.0 Å². The van der Waals surface area contributed by atoms with Gasteiger partial charge in [0.05, 0.1) is 24.1 Å². The first-order chi connectivity index (χ1) is 10.2. The molecule has 0 aliphatic carbocycles. The molecule has 0 saturated carbocycles. The number of nitro groups is 2. The molecule has 0 aliphatic rings. The van der Waals surface area contributed by atoms with E-state index in [1.54, 1.807) is 0 Å².